The molecule has 74 valence electrons. The van der Waals surface area contributed by atoms with Gasteiger partial charge in [-0.25, -0.2) is 4.79 Å². The summed E-state index contributed by atoms with van der Waals surface area (Å²) in [6, 6.07) is 5.89. The molecular weight excluding hydrogens is 178 g/mol. The van der Waals surface area contributed by atoms with Gasteiger partial charge in [0.05, 0.1) is 11.0 Å². The predicted octanol–water partition coefficient (Wildman–Crippen LogP) is 0.597. The third-order valence-corrected chi connectivity index (χ3v) is 2.28. The second-order valence-electron chi connectivity index (χ2n) is 3.39. The second-order valence-corrected chi connectivity index (χ2v) is 3.39. The van der Waals surface area contributed by atoms with Crippen LogP contribution in [0.4, 0.5) is 0 Å². The zero-order valence-corrected chi connectivity index (χ0v) is 8.08. The van der Waals surface area contributed by atoms with E-state index < -0.39 is 0 Å². The van der Waals surface area contributed by atoms with Gasteiger partial charge in [-0.05, 0) is 24.6 Å². The standard InChI is InChI=1S/C10H13N3O/c1-7-2-3-9-8(6-7)12-10(14)13(9)5-4-11/h2-3,6H,4-5,11H2,1H3,(H,12,14). The Hall–Kier alpha value is -1.55. The fourth-order valence-corrected chi connectivity index (χ4v) is 1.63. The van der Waals surface area contributed by atoms with Gasteiger partial charge in [0.25, 0.3) is 0 Å². The minimum Gasteiger partial charge on any atom is -0.329 e. The van der Waals surface area contributed by atoms with Crippen molar-refractivity contribution >= 4 is 11.0 Å². The van der Waals surface area contributed by atoms with Gasteiger partial charge in [-0.3, -0.25) is 4.57 Å². The van der Waals surface area contributed by atoms with Crippen molar-refractivity contribution in [2.24, 2.45) is 5.73 Å². The van der Waals surface area contributed by atoms with Gasteiger partial charge in [0.2, 0.25) is 0 Å². The second kappa shape index (κ2) is 3.31. The number of nitrogens with zero attached hydrogens (tertiary/aromatic N) is 1. The molecule has 14 heavy (non-hydrogen) atoms. The third kappa shape index (κ3) is 1.33. The Morgan fingerprint density at radius 1 is 1.50 bits per heavy atom. The van der Waals surface area contributed by atoms with Gasteiger partial charge in [0.1, 0.15) is 0 Å². The van der Waals surface area contributed by atoms with E-state index in [2.05, 4.69) is 4.98 Å². The highest BCUT2D eigenvalue weighted by Gasteiger charge is 2.04. The highest BCUT2D eigenvalue weighted by molar-refractivity contribution is 5.75. The summed E-state index contributed by atoms with van der Waals surface area (Å²) in [5, 5.41) is 0. The van der Waals surface area contributed by atoms with Crippen molar-refractivity contribution in [3.05, 3.63) is 34.2 Å². The van der Waals surface area contributed by atoms with Crippen molar-refractivity contribution in [2.75, 3.05) is 6.54 Å². The van der Waals surface area contributed by atoms with Crippen molar-refractivity contribution in [2.45, 2.75) is 13.5 Å². The van der Waals surface area contributed by atoms with Crippen LogP contribution in [0.3, 0.4) is 0 Å². The summed E-state index contributed by atoms with van der Waals surface area (Å²) in [4.78, 5) is 14.3. The Balaban J connectivity index is 2.71. The van der Waals surface area contributed by atoms with Crippen LogP contribution >= 0.6 is 0 Å². The van der Waals surface area contributed by atoms with Crippen LogP contribution in [0.1, 0.15) is 5.56 Å². The highest BCUT2D eigenvalue weighted by Crippen LogP contribution is 2.11. The summed E-state index contributed by atoms with van der Waals surface area (Å²) in [6.07, 6.45) is 0. The van der Waals surface area contributed by atoms with Crippen LogP contribution in [0.5, 0.6) is 0 Å². The summed E-state index contributed by atoms with van der Waals surface area (Å²) in [5.41, 5.74) is 8.29. The molecule has 0 radical (unpaired) electrons. The molecule has 0 saturated carbocycles. The maximum absolute atomic E-state index is 11.5. The van der Waals surface area contributed by atoms with Crippen LogP contribution in [0, 0.1) is 6.92 Å². The smallest absolute Gasteiger partial charge is 0.326 e. The Morgan fingerprint density at radius 2 is 2.29 bits per heavy atom. The lowest BCUT2D eigenvalue weighted by Gasteiger charge is -1.99. The van der Waals surface area contributed by atoms with E-state index in [0.717, 1.165) is 16.6 Å². The lowest BCUT2D eigenvalue weighted by Crippen LogP contribution is -2.21. The van der Waals surface area contributed by atoms with Crippen LogP contribution in [0.15, 0.2) is 23.0 Å². The maximum Gasteiger partial charge on any atom is 0.326 e. The first-order valence-electron chi connectivity index (χ1n) is 4.61. The molecule has 1 aromatic heterocycles. The summed E-state index contributed by atoms with van der Waals surface area (Å²) < 4.78 is 1.66. The van der Waals surface area contributed by atoms with Crippen molar-refractivity contribution in [3.63, 3.8) is 0 Å². The largest absolute Gasteiger partial charge is 0.329 e. The zero-order valence-electron chi connectivity index (χ0n) is 8.08. The Labute approximate surface area is 81.3 Å². The number of aryl methyl sites for hydroxylation is 1. The molecular formula is C10H13N3O. The van der Waals surface area contributed by atoms with E-state index in [9.17, 15) is 4.79 Å². The van der Waals surface area contributed by atoms with Crippen LogP contribution in [0.25, 0.3) is 11.0 Å². The van der Waals surface area contributed by atoms with E-state index in [4.69, 9.17) is 5.73 Å². The monoisotopic (exact) mass is 191 g/mol. The van der Waals surface area contributed by atoms with E-state index in [0.29, 0.717) is 13.1 Å². The molecule has 1 heterocycles. The molecule has 0 spiro atoms. The van der Waals surface area contributed by atoms with E-state index in [-0.39, 0.29) is 5.69 Å². The molecule has 0 aliphatic rings. The van der Waals surface area contributed by atoms with Gasteiger partial charge >= 0.3 is 5.69 Å². The van der Waals surface area contributed by atoms with Crippen LogP contribution in [0.2, 0.25) is 0 Å². The van der Waals surface area contributed by atoms with Gasteiger partial charge < -0.3 is 10.7 Å². The molecule has 0 unspecified atom stereocenters. The molecule has 2 aromatic rings. The van der Waals surface area contributed by atoms with E-state index in [1.165, 1.54) is 0 Å². The molecule has 4 heteroatoms. The number of H-pyrrole nitrogens is 1. The quantitative estimate of drug-likeness (QED) is 0.730. The first-order valence-corrected chi connectivity index (χ1v) is 4.61. The molecule has 4 nitrogen and oxygen atoms in total. The number of rotatable bonds is 2. The minimum atomic E-state index is -0.0870. The number of aromatic nitrogens is 2. The third-order valence-electron chi connectivity index (χ3n) is 2.28. The van der Waals surface area contributed by atoms with E-state index >= 15 is 0 Å². The molecule has 0 aliphatic carbocycles. The Morgan fingerprint density at radius 3 is 3.00 bits per heavy atom. The van der Waals surface area contributed by atoms with E-state index in [1.807, 2.05) is 25.1 Å². The first kappa shape index (κ1) is 9.02. The molecule has 0 amide bonds. The summed E-state index contributed by atoms with van der Waals surface area (Å²) in [5.74, 6) is 0. The van der Waals surface area contributed by atoms with Gasteiger partial charge in [-0.15, -0.1) is 0 Å². The van der Waals surface area contributed by atoms with Crippen molar-refractivity contribution in [1.29, 1.82) is 0 Å². The summed E-state index contributed by atoms with van der Waals surface area (Å²) >= 11 is 0. The van der Waals surface area contributed by atoms with Gasteiger partial charge in [-0.1, -0.05) is 6.07 Å². The molecule has 2 rings (SSSR count). The maximum atomic E-state index is 11.5. The Bertz CT molecular complexity index is 510. The minimum absolute atomic E-state index is 0.0870. The number of nitrogens with one attached hydrogen (secondary N) is 1. The molecule has 0 saturated heterocycles. The molecule has 1 aromatic carbocycles. The number of fused-ring (bicyclic) bond motifs is 1. The van der Waals surface area contributed by atoms with Crippen LogP contribution in [-0.4, -0.2) is 16.1 Å². The van der Waals surface area contributed by atoms with Crippen molar-refractivity contribution < 1.29 is 0 Å². The highest BCUT2D eigenvalue weighted by atomic mass is 16.1. The average molecular weight is 191 g/mol. The van der Waals surface area contributed by atoms with Crippen molar-refractivity contribution in [1.82, 2.24) is 9.55 Å². The van der Waals surface area contributed by atoms with Gasteiger partial charge in [0, 0.05) is 13.1 Å². The van der Waals surface area contributed by atoms with Crippen molar-refractivity contribution in [3.8, 4) is 0 Å². The van der Waals surface area contributed by atoms with E-state index in [1.54, 1.807) is 4.57 Å². The summed E-state index contributed by atoms with van der Waals surface area (Å²) in [7, 11) is 0. The summed E-state index contributed by atoms with van der Waals surface area (Å²) in [6.45, 7) is 3.03. The number of aromatic amines is 1. The molecule has 0 fully saturated rings. The SMILES string of the molecule is Cc1ccc2c(c1)[nH]c(=O)n2CCN. The molecule has 0 aliphatic heterocycles. The lowest BCUT2D eigenvalue weighted by atomic mass is 10.2. The molecule has 3 N–H and O–H groups in total. The number of imidazole rings is 1. The predicted molar refractivity (Wildman–Crippen MR) is 56.4 cm³/mol. The van der Waals surface area contributed by atoms with Gasteiger partial charge in [0.15, 0.2) is 0 Å². The Kier molecular flexibility index (Phi) is 2.13. The molecule has 0 atom stereocenters. The first-order chi connectivity index (χ1) is 6.72. The fraction of sp³-hybridized carbons (Fsp3) is 0.300. The molecule has 0 bridgehead atoms. The number of benzene rings is 1. The zero-order chi connectivity index (χ0) is 10.1. The number of hydrogen-bond acceptors (Lipinski definition) is 2. The lowest BCUT2D eigenvalue weighted by molar-refractivity contribution is 0.703. The number of hydrogen-bond donors (Lipinski definition) is 2. The van der Waals surface area contributed by atoms with Crippen LogP contribution in [-0.2, 0) is 6.54 Å². The normalized spacial score (nSPS) is 11.0. The average Bonchev–Trinajstić information content (AvgIpc) is 2.43. The van der Waals surface area contributed by atoms with Crippen LogP contribution < -0.4 is 11.4 Å². The number of nitrogens with two attached hydrogens (primary N) is 1. The topological polar surface area (TPSA) is 63.8 Å². The van der Waals surface area contributed by atoms with Gasteiger partial charge in [-0.2, -0.15) is 0 Å². The fourth-order valence-electron chi connectivity index (χ4n) is 1.63.